The van der Waals surface area contributed by atoms with Crippen molar-refractivity contribution >= 4 is 34.5 Å². The number of hydroxylamine groups is 1. The number of amides is 2. The molecule has 0 N–H and O–H groups in total. The fourth-order valence-corrected chi connectivity index (χ4v) is 4.97. The number of carbonyl (C=O) groups is 2. The number of ether oxygens (including phenoxy) is 1. The Morgan fingerprint density at radius 2 is 1.73 bits per heavy atom. The lowest BCUT2D eigenvalue weighted by Crippen LogP contribution is -2.37. The SMILES string of the molecule is CCOc1ccccc1N1C(=O)[C@@H]2[C@@H](ON(c3ccccc3)[C@H]2c2cccs2)C1=O. The molecule has 2 aliphatic rings. The second-order valence-corrected chi connectivity index (χ2v) is 8.07. The van der Waals surface area contributed by atoms with E-state index in [9.17, 15) is 9.59 Å². The topological polar surface area (TPSA) is 59.1 Å². The van der Waals surface area contributed by atoms with Gasteiger partial charge in [-0.1, -0.05) is 36.4 Å². The summed E-state index contributed by atoms with van der Waals surface area (Å²) in [7, 11) is 0. The second-order valence-electron chi connectivity index (χ2n) is 7.09. The zero-order chi connectivity index (χ0) is 20.7. The number of fused-ring (bicyclic) bond motifs is 1. The molecule has 2 saturated heterocycles. The number of thiophene rings is 1. The van der Waals surface area contributed by atoms with E-state index in [1.54, 1.807) is 34.6 Å². The maximum absolute atomic E-state index is 13.6. The molecule has 6 nitrogen and oxygen atoms in total. The summed E-state index contributed by atoms with van der Waals surface area (Å²) in [6.07, 6.45) is -0.875. The standard InChI is InChI=1S/C23H20N2O4S/c1-2-28-17-12-7-6-11-16(17)24-22(26)19-20(18-13-8-14-30-18)25(29-21(19)23(24)27)15-9-4-3-5-10-15/h3-14,19-21H,2H2,1H3/t19-,20-,21+/m0/s1. The fourth-order valence-electron chi connectivity index (χ4n) is 4.12. The van der Waals surface area contributed by atoms with Crippen LogP contribution in [0.4, 0.5) is 11.4 Å². The number of benzene rings is 2. The van der Waals surface area contributed by atoms with E-state index in [1.807, 2.05) is 60.8 Å². The summed E-state index contributed by atoms with van der Waals surface area (Å²) in [4.78, 5) is 35.3. The predicted octanol–water partition coefficient (Wildman–Crippen LogP) is 4.20. The van der Waals surface area contributed by atoms with Crippen LogP contribution in [-0.4, -0.2) is 24.5 Å². The average molecular weight is 420 g/mol. The highest BCUT2D eigenvalue weighted by Gasteiger charge is 2.60. The van der Waals surface area contributed by atoms with Crippen molar-refractivity contribution in [2.45, 2.75) is 19.1 Å². The van der Waals surface area contributed by atoms with Crippen molar-refractivity contribution in [3.8, 4) is 5.75 Å². The number of anilines is 2. The number of rotatable bonds is 5. The number of hydrogen-bond donors (Lipinski definition) is 0. The van der Waals surface area contributed by atoms with Gasteiger partial charge in [-0.25, -0.2) is 9.96 Å². The third-order valence-electron chi connectivity index (χ3n) is 5.37. The monoisotopic (exact) mass is 420 g/mol. The molecule has 0 aliphatic carbocycles. The first kappa shape index (κ1) is 18.8. The number of carbonyl (C=O) groups excluding carboxylic acids is 2. The van der Waals surface area contributed by atoms with Gasteiger partial charge in [0.05, 0.1) is 18.0 Å². The minimum Gasteiger partial charge on any atom is -0.492 e. The minimum atomic E-state index is -0.875. The summed E-state index contributed by atoms with van der Waals surface area (Å²) in [5.74, 6) is -0.758. The van der Waals surface area contributed by atoms with Gasteiger partial charge in [0.25, 0.3) is 5.91 Å². The van der Waals surface area contributed by atoms with E-state index >= 15 is 0 Å². The van der Waals surface area contributed by atoms with E-state index in [4.69, 9.17) is 9.57 Å². The third kappa shape index (κ3) is 2.89. The zero-order valence-electron chi connectivity index (χ0n) is 16.3. The highest BCUT2D eigenvalue weighted by atomic mass is 32.1. The van der Waals surface area contributed by atoms with Gasteiger partial charge in [-0.05, 0) is 42.6 Å². The van der Waals surface area contributed by atoms with E-state index < -0.39 is 12.0 Å². The Morgan fingerprint density at radius 3 is 2.47 bits per heavy atom. The highest BCUT2D eigenvalue weighted by Crippen LogP contribution is 2.49. The molecule has 3 aromatic rings. The normalized spacial score (nSPS) is 23.2. The lowest BCUT2D eigenvalue weighted by Gasteiger charge is -2.28. The lowest BCUT2D eigenvalue weighted by atomic mass is 9.95. The molecule has 3 heterocycles. The minimum absolute atomic E-state index is 0.269. The molecule has 3 atom stereocenters. The zero-order valence-corrected chi connectivity index (χ0v) is 17.1. The van der Waals surface area contributed by atoms with Crippen LogP contribution < -0.4 is 14.7 Å². The van der Waals surface area contributed by atoms with Crippen LogP contribution in [0.2, 0.25) is 0 Å². The predicted molar refractivity (Wildman–Crippen MR) is 114 cm³/mol. The van der Waals surface area contributed by atoms with Gasteiger partial charge in [0, 0.05) is 4.88 Å². The average Bonchev–Trinajstić information content (AvgIpc) is 3.48. The molecule has 30 heavy (non-hydrogen) atoms. The highest BCUT2D eigenvalue weighted by molar-refractivity contribution is 7.10. The fraction of sp³-hybridized carbons (Fsp3) is 0.217. The van der Waals surface area contributed by atoms with Crippen molar-refractivity contribution in [3.05, 3.63) is 77.0 Å². The first-order chi connectivity index (χ1) is 14.7. The Morgan fingerprint density at radius 1 is 0.967 bits per heavy atom. The summed E-state index contributed by atoms with van der Waals surface area (Å²) >= 11 is 1.55. The van der Waals surface area contributed by atoms with Crippen molar-refractivity contribution in [3.63, 3.8) is 0 Å². The Labute approximate surface area is 178 Å². The smallest absolute Gasteiger partial charge is 0.266 e. The summed E-state index contributed by atoms with van der Waals surface area (Å²) in [5, 5.41) is 3.68. The van der Waals surface area contributed by atoms with Gasteiger partial charge < -0.3 is 4.74 Å². The van der Waals surface area contributed by atoms with Crippen LogP contribution in [0.1, 0.15) is 17.8 Å². The first-order valence-electron chi connectivity index (χ1n) is 9.84. The number of nitrogens with zero attached hydrogens (tertiary/aromatic N) is 2. The van der Waals surface area contributed by atoms with Crippen molar-refractivity contribution in [2.24, 2.45) is 5.92 Å². The van der Waals surface area contributed by atoms with Crippen molar-refractivity contribution in [2.75, 3.05) is 16.6 Å². The molecule has 1 aromatic heterocycles. The third-order valence-corrected chi connectivity index (χ3v) is 6.31. The Balaban J connectivity index is 1.56. The van der Waals surface area contributed by atoms with E-state index in [1.165, 1.54) is 4.90 Å². The first-order valence-corrected chi connectivity index (χ1v) is 10.7. The summed E-state index contributed by atoms with van der Waals surface area (Å²) in [6, 6.07) is 20.2. The van der Waals surface area contributed by atoms with E-state index in [-0.39, 0.29) is 17.9 Å². The molecular weight excluding hydrogens is 400 g/mol. The van der Waals surface area contributed by atoms with E-state index in [0.29, 0.717) is 18.0 Å². The largest absolute Gasteiger partial charge is 0.492 e. The Hall–Kier alpha value is -3.16. The summed E-state index contributed by atoms with van der Waals surface area (Å²) in [6.45, 7) is 2.31. The summed E-state index contributed by atoms with van der Waals surface area (Å²) < 4.78 is 5.66. The van der Waals surface area contributed by atoms with Crippen LogP contribution in [0, 0.1) is 5.92 Å². The van der Waals surface area contributed by atoms with Gasteiger partial charge in [-0.15, -0.1) is 11.3 Å². The maximum Gasteiger partial charge on any atom is 0.266 e. The molecule has 0 saturated carbocycles. The van der Waals surface area contributed by atoms with Crippen LogP contribution >= 0.6 is 11.3 Å². The molecule has 0 spiro atoms. The lowest BCUT2D eigenvalue weighted by molar-refractivity contribution is -0.126. The van der Waals surface area contributed by atoms with Crippen LogP contribution in [-0.2, 0) is 14.4 Å². The molecule has 2 aromatic carbocycles. The molecule has 5 rings (SSSR count). The van der Waals surface area contributed by atoms with Crippen molar-refractivity contribution < 1.29 is 19.2 Å². The van der Waals surface area contributed by atoms with Crippen molar-refractivity contribution in [1.82, 2.24) is 0 Å². The van der Waals surface area contributed by atoms with Gasteiger partial charge in [-0.2, -0.15) is 0 Å². The molecule has 0 bridgehead atoms. The van der Waals surface area contributed by atoms with E-state index in [0.717, 1.165) is 10.6 Å². The number of imide groups is 1. The maximum atomic E-state index is 13.6. The molecule has 152 valence electrons. The van der Waals surface area contributed by atoms with Gasteiger partial charge in [-0.3, -0.25) is 14.4 Å². The Kier molecular flexibility index (Phi) is 4.77. The molecular formula is C23H20N2O4S. The van der Waals surface area contributed by atoms with Gasteiger partial charge >= 0.3 is 0 Å². The number of para-hydroxylation sites is 3. The molecule has 2 fully saturated rings. The molecule has 7 heteroatoms. The molecule has 2 aliphatic heterocycles. The van der Waals surface area contributed by atoms with Crippen LogP contribution in [0.5, 0.6) is 5.75 Å². The molecule has 0 unspecified atom stereocenters. The number of hydrogen-bond acceptors (Lipinski definition) is 6. The molecule has 0 radical (unpaired) electrons. The van der Waals surface area contributed by atoms with Crippen LogP contribution in [0.15, 0.2) is 72.1 Å². The van der Waals surface area contributed by atoms with Crippen LogP contribution in [0.25, 0.3) is 0 Å². The van der Waals surface area contributed by atoms with Gasteiger partial charge in [0.2, 0.25) is 5.91 Å². The van der Waals surface area contributed by atoms with Crippen LogP contribution in [0.3, 0.4) is 0 Å². The molecule has 2 amide bonds. The van der Waals surface area contributed by atoms with E-state index in [2.05, 4.69) is 0 Å². The van der Waals surface area contributed by atoms with Crippen molar-refractivity contribution in [1.29, 1.82) is 0 Å². The Bertz CT molecular complexity index is 1070. The van der Waals surface area contributed by atoms with Gasteiger partial charge in [0.15, 0.2) is 6.10 Å². The van der Waals surface area contributed by atoms with Gasteiger partial charge in [0.1, 0.15) is 17.7 Å². The quantitative estimate of drug-likeness (QED) is 0.579. The summed E-state index contributed by atoms with van der Waals surface area (Å²) in [5.41, 5.74) is 1.27. The second kappa shape index (κ2) is 7.59.